The van der Waals surface area contributed by atoms with Gasteiger partial charge in [0.25, 0.3) is 0 Å². The molecule has 2 bridgehead atoms. The van der Waals surface area contributed by atoms with Crippen LogP contribution in [0.1, 0.15) is 44.9 Å². The first-order valence-corrected chi connectivity index (χ1v) is 8.93. The zero-order valence-corrected chi connectivity index (χ0v) is 13.0. The van der Waals surface area contributed by atoms with E-state index in [0.717, 1.165) is 63.5 Å². The van der Waals surface area contributed by atoms with Crippen molar-refractivity contribution in [3.8, 4) is 0 Å². The van der Waals surface area contributed by atoms with Gasteiger partial charge in [0.05, 0.1) is 12.5 Å². The number of nitrogens with zero attached hydrogens (tertiary/aromatic N) is 2. The van der Waals surface area contributed by atoms with Crippen LogP contribution >= 0.6 is 0 Å². The van der Waals surface area contributed by atoms with E-state index in [0.29, 0.717) is 12.3 Å². The van der Waals surface area contributed by atoms with Crippen LogP contribution < -0.4 is 0 Å². The second kappa shape index (κ2) is 5.88. The van der Waals surface area contributed by atoms with Crippen molar-refractivity contribution in [1.82, 2.24) is 9.80 Å². The van der Waals surface area contributed by atoms with Crippen molar-refractivity contribution in [3.05, 3.63) is 0 Å². The number of carbonyl (C=O) groups excluding carboxylic acids is 1. The molecule has 4 nitrogen and oxygen atoms in total. The van der Waals surface area contributed by atoms with Crippen LogP contribution in [0.15, 0.2) is 0 Å². The van der Waals surface area contributed by atoms with Crippen molar-refractivity contribution in [2.24, 2.45) is 11.8 Å². The molecule has 118 valence electrons. The number of hydrogen-bond acceptors (Lipinski definition) is 3. The van der Waals surface area contributed by atoms with Gasteiger partial charge in [-0.2, -0.15) is 0 Å². The number of rotatable bonds is 3. The normalized spacial score (nSPS) is 40.1. The Morgan fingerprint density at radius 2 is 1.90 bits per heavy atom. The van der Waals surface area contributed by atoms with Gasteiger partial charge in [-0.25, -0.2) is 0 Å². The largest absolute Gasteiger partial charge is 0.378 e. The smallest absolute Gasteiger partial charge is 0.225 e. The maximum atomic E-state index is 12.3. The second-order valence-electron chi connectivity index (χ2n) is 7.50. The molecule has 2 aliphatic carbocycles. The molecule has 0 aromatic heterocycles. The Balaban J connectivity index is 1.25. The Morgan fingerprint density at radius 1 is 1.05 bits per heavy atom. The summed E-state index contributed by atoms with van der Waals surface area (Å²) in [6.45, 7) is 4.88. The Kier molecular flexibility index (Phi) is 3.92. The Bertz CT molecular complexity index is 386. The second-order valence-corrected chi connectivity index (χ2v) is 7.50. The SMILES string of the molecule is O=C(CC1CCCO1)N1CCN(C2CC3CCC2C3)CC1. The summed E-state index contributed by atoms with van der Waals surface area (Å²) >= 11 is 0. The van der Waals surface area contributed by atoms with E-state index in [4.69, 9.17) is 4.74 Å². The summed E-state index contributed by atoms with van der Waals surface area (Å²) in [6, 6.07) is 0.833. The number of fused-ring (bicyclic) bond motifs is 2. The van der Waals surface area contributed by atoms with Gasteiger partial charge >= 0.3 is 0 Å². The summed E-state index contributed by atoms with van der Waals surface area (Å²) in [4.78, 5) is 17.1. The van der Waals surface area contributed by atoms with Gasteiger partial charge in [0, 0.05) is 38.8 Å². The minimum atomic E-state index is 0.195. The van der Waals surface area contributed by atoms with E-state index < -0.39 is 0 Å². The molecule has 2 saturated carbocycles. The lowest BCUT2D eigenvalue weighted by Crippen LogP contribution is -2.53. The van der Waals surface area contributed by atoms with Crippen molar-refractivity contribution >= 4 is 5.91 Å². The average molecular weight is 292 g/mol. The molecule has 0 radical (unpaired) electrons. The van der Waals surface area contributed by atoms with E-state index in [1.807, 2.05) is 0 Å². The first-order chi connectivity index (χ1) is 10.3. The minimum Gasteiger partial charge on any atom is -0.378 e. The van der Waals surface area contributed by atoms with Crippen LogP contribution in [-0.4, -0.2) is 60.6 Å². The molecule has 4 atom stereocenters. The van der Waals surface area contributed by atoms with Gasteiger partial charge < -0.3 is 9.64 Å². The summed E-state index contributed by atoms with van der Waals surface area (Å²) in [5, 5.41) is 0. The fourth-order valence-electron chi connectivity index (χ4n) is 5.09. The average Bonchev–Trinajstić information content (AvgIpc) is 3.25. The molecule has 4 heteroatoms. The first kappa shape index (κ1) is 14.0. The summed E-state index contributed by atoms with van der Waals surface area (Å²) in [7, 11) is 0. The van der Waals surface area contributed by atoms with Crippen molar-refractivity contribution in [1.29, 1.82) is 0 Å². The standard InChI is InChI=1S/C17H28N2O2/c20-17(12-15-2-1-9-21-15)19-7-5-18(6-8-19)16-11-13-3-4-14(16)10-13/h13-16H,1-12H2. The summed E-state index contributed by atoms with van der Waals surface area (Å²) < 4.78 is 5.59. The molecule has 1 amide bonds. The molecule has 21 heavy (non-hydrogen) atoms. The Labute approximate surface area is 127 Å². The van der Waals surface area contributed by atoms with E-state index in [-0.39, 0.29) is 6.10 Å². The van der Waals surface area contributed by atoms with Gasteiger partial charge in [-0.3, -0.25) is 9.69 Å². The van der Waals surface area contributed by atoms with E-state index in [1.54, 1.807) is 0 Å². The van der Waals surface area contributed by atoms with Gasteiger partial charge in [-0.15, -0.1) is 0 Å². The molecule has 0 aromatic rings. The van der Waals surface area contributed by atoms with Crippen molar-refractivity contribution in [3.63, 3.8) is 0 Å². The molecule has 0 N–H and O–H groups in total. The molecule has 0 spiro atoms. The molecule has 2 heterocycles. The molecule has 4 unspecified atom stereocenters. The lowest BCUT2D eigenvalue weighted by molar-refractivity contribution is -0.135. The van der Waals surface area contributed by atoms with Gasteiger partial charge in [-0.05, 0) is 43.9 Å². The molecule has 4 rings (SSSR count). The van der Waals surface area contributed by atoms with Crippen LogP contribution in [0.5, 0.6) is 0 Å². The number of carbonyl (C=O) groups is 1. The maximum Gasteiger partial charge on any atom is 0.225 e. The Morgan fingerprint density at radius 3 is 2.52 bits per heavy atom. The minimum absolute atomic E-state index is 0.195. The number of ether oxygens (including phenoxy) is 1. The predicted octanol–water partition coefficient (Wildman–Crippen LogP) is 1.89. The van der Waals surface area contributed by atoms with Crippen molar-refractivity contribution in [2.45, 2.75) is 57.1 Å². The molecule has 0 aromatic carbocycles. The predicted molar refractivity (Wildman–Crippen MR) is 81.0 cm³/mol. The highest BCUT2D eigenvalue weighted by atomic mass is 16.5. The fourth-order valence-corrected chi connectivity index (χ4v) is 5.09. The summed E-state index contributed by atoms with van der Waals surface area (Å²) in [6.07, 6.45) is 8.81. The molecule has 4 aliphatic rings. The van der Waals surface area contributed by atoms with Crippen molar-refractivity contribution in [2.75, 3.05) is 32.8 Å². The van der Waals surface area contributed by atoms with E-state index in [1.165, 1.54) is 25.7 Å². The number of piperazine rings is 1. The van der Waals surface area contributed by atoms with E-state index in [2.05, 4.69) is 9.80 Å². The maximum absolute atomic E-state index is 12.3. The van der Waals surface area contributed by atoms with Gasteiger partial charge in [-0.1, -0.05) is 6.42 Å². The summed E-state index contributed by atoms with van der Waals surface area (Å²) in [5.41, 5.74) is 0. The Hall–Kier alpha value is -0.610. The van der Waals surface area contributed by atoms with Crippen LogP contribution in [0.3, 0.4) is 0 Å². The molecular weight excluding hydrogens is 264 g/mol. The highest BCUT2D eigenvalue weighted by molar-refractivity contribution is 5.76. The van der Waals surface area contributed by atoms with Gasteiger partial charge in [0.15, 0.2) is 0 Å². The number of hydrogen-bond donors (Lipinski definition) is 0. The molecular formula is C17H28N2O2. The van der Waals surface area contributed by atoms with Gasteiger partial charge in [0.2, 0.25) is 5.91 Å². The summed E-state index contributed by atoms with van der Waals surface area (Å²) in [5.74, 6) is 2.29. The van der Waals surface area contributed by atoms with Crippen LogP contribution in [-0.2, 0) is 9.53 Å². The van der Waals surface area contributed by atoms with E-state index in [9.17, 15) is 4.79 Å². The van der Waals surface area contributed by atoms with Crippen LogP contribution in [0.25, 0.3) is 0 Å². The van der Waals surface area contributed by atoms with Crippen LogP contribution in [0.4, 0.5) is 0 Å². The topological polar surface area (TPSA) is 32.8 Å². The third-order valence-corrected chi connectivity index (χ3v) is 6.26. The van der Waals surface area contributed by atoms with Crippen molar-refractivity contribution < 1.29 is 9.53 Å². The zero-order valence-electron chi connectivity index (χ0n) is 13.0. The lowest BCUT2D eigenvalue weighted by Gasteiger charge is -2.41. The van der Waals surface area contributed by atoms with Crippen LogP contribution in [0.2, 0.25) is 0 Å². The van der Waals surface area contributed by atoms with Crippen LogP contribution in [0, 0.1) is 11.8 Å². The fraction of sp³-hybridized carbons (Fsp3) is 0.941. The quantitative estimate of drug-likeness (QED) is 0.796. The zero-order chi connectivity index (χ0) is 14.2. The molecule has 2 aliphatic heterocycles. The monoisotopic (exact) mass is 292 g/mol. The third kappa shape index (κ3) is 2.85. The highest BCUT2D eigenvalue weighted by Crippen LogP contribution is 2.46. The van der Waals surface area contributed by atoms with Gasteiger partial charge in [0.1, 0.15) is 0 Å². The highest BCUT2D eigenvalue weighted by Gasteiger charge is 2.43. The number of amides is 1. The van der Waals surface area contributed by atoms with E-state index >= 15 is 0 Å². The third-order valence-electron chi connectivity index (χ3n) is 6.26. The first-order valence-electron chi connectivity index (χ1n) is 8.93. The molecule has 2 saturated heterocycles. The molecule has 4 fully saturated rings. The lowest BCUT2D eigenvalue weighted by atomic mass is 9.93.